The number of aliphatic carboxylic acids is 1. The molecule has 3 rings (SSSR count). The number of anilines is 1. The summed E-state index contributed by atoms with van der Waals surface area (Å²) in [5.41, 5.74) is 0.390. The first-order chi connectivity index (χ1) is 11.9. The lowest BCUT2D eigenvalue weighted by atomic mass is 10.1. The first-order valence-corrected chi connectivity index (χ1v) is 9.29. The van der Waals surface area contributed by atoms with Crippen molar-refractivity contribution in [3.63, 3.8) is 0 Å². The van der Waals surface area contributed by atoms with Gasteiger partial charge < -0.3 is 20.2 Å². The quantitative estimate of drug-likeness (QED) is 0.711. The van der Waals surface area contributed by atoms with Crippen LogP contribution in [0, 0.1) is 0 Å². The predicted molar refractivity (Wildman–Crippen MR) is 98.9 cm³/mol. The molecule has 0 amide bonds. The molecule has 8 heteroatoms. The van der Waals surface area contributed by atoms with E-state index in [4.69, 9.17) is 5.11 Å². The highest BCUT2D eigenvalue weighted by Crippen LogP contribution is 2.35. The second-order valence-electron chi connectivity index (χ2n) is 6.54. The summed E-state index contributed by atoms with van der Waals surface area (Å²) in [5.74, 6) is -0.464. The van der Waals surface area contributed by atoms with E-state index in [1.807, 2.05) is 12.1 Å². The molecule has 1 fully saturated rings. The molecule has 2 heterocycles. The van der Waals surface area contributed by atoms with E-state index in [9.17, 15) is 15.0 Å². The minimum atomic E-state index is -1.13. The molecule has 2 aliphatic rings. The molecule has 1 atom stereocenters. The van der Waals surface area contributed by atoms with Crippen LogP contribution in [-0.4, -0.2) is 81.9 Å². The third-order valence-electron chi connectivity index (χ3n) is 4.66. The van der Waals surface area contributed by atoms with Crippen molar-refractivity contribution in [3.05, 3.63) is 23.8 Å². The van der Waals surface area contributed by atoms with Crippen molar-refractivity contribution >= 4 is 28.5 Å². The Balaban J connectivity index is 1.73. The lowest BCUT2D eigenvalue weighted by Crippen LogP contribution is -2.47. The zero-order valence-corrected chi connectivity index (χ0v) is 15.0. The Bertz CT molecular complexity index is 688. The number of nitrogens with zero attached hydrogens (tertiary/aromatic N) is 3. The molecule has 0 radical (unpaired) electrons. The van der Waals surface area contributed by atoms with Crippen LogP contribution in [0.15, 0.2) is 23.2 Å². The minimum Gasteiger partial charge on any atom is -0.507 e. The third kappa shape index (κ3) is 3.75. The van der Waals surface area contributed by atoms with Crippen molar-refractivity contribution in [2.45, 2.75) is 12.5 Å². The Hall–Kier alpha value is -1.77. The van der Waals surface area contributed by atoms with E-state index in [0.717, 1.165) is 31.9 Å². The van der Waals surface area contributed by atoms with E-state index >= 15 is 0 Å². The van der Waals surface area contributed by atoms with Gasteiger partial charge in [0.05, 0.1) is 6.61 Å². The number of carbonyl (C=O) groups is 1. The molecule has 0 unspecified atom stereocenters. The number of hydrogen-bond acceptors (Lipinski definition) is 7. The number of thioether (sulfide) groups is 1. The predicted octanol–water partition coefficient (Wildman–Crippen LogP) is 0.843. The number of benzene rings is 1. The number of aromatic hydroxyl groups is 1. The maximum absolute atomic E-state index is 11.3. The Morgan fingerprint density at radius 1 is 1.32 bits per heavy atom. The van der Waals surface area contributed by atoms with Gasteiger partial charge >= 0.3 is 5.97 Å². The van der Waals surface area contributed by atoms with Gasteiger partial charge in [-0.1, -0.05) is 0 Å². The number of aliphatic hydroxyl groups is 1. The minimum absolute atomic E-state index is 0.121. The van der Waals surface area contributed by atoms with Gasteiger partial charge in [0.25, 0.3) is 0 Å². The number of carboxylic acid groups (broad SMARTS) is 1. The normalized spacial score (nSPS) is 24.4. The van der Waals surface area contributed by atoms with Crippen molar-refractivity contribution in [2.24, 2.45) is 4.99 Å². The summed E-state index contributed by atoms with van der Waals surface area (Å²) in [7, 11) is 0. The molecule has 0 bridgehead atoms. The number of aliphatic imine (C=N–C) groups is 1. The Morgan fingerprint density at radius 2 is 2.04 bits per heavy atom. The van der Waals surface area contributed by atoms with Gasteiger partial charge in [0, 0.05) is 55.8 Å². The fraction of sp³-hybridized carbons (Fsp3) is 0.529. The molecule has 3 N–H and O–H groups in total. The number of hydrogen-bond donors (Lipinski definition) is 3. The Kier molecular flexibility index (Phi) is 5.21. The van der Waals surface area contributed by atoms with Crippen LogP contribution in [0.5, 0.6) is 5.75 Å². The van der Waals surface area contributed by atoms with Gasteiger partial charge in [0.1, 0.15) is 10.8 Å². The molecule has 0 spiro atoms. The summed E-state index contributed by atoms with van der Waals surface area (Å²) in [6, 6.07) is 5.47. The van der Waals surface area contributed by atoms with Crippen LogP contribution in [-0.2, 0) is 4.79 Å². The van der Waals surface area contributed by atoms with Crippen LogP contribution >= 0.6 is 11.8 Å². The summed E-state index contributed by atoms with van der Waals surface area (Å²) in [6.07, 6.45) is 0. The van der Waals surface area contributed by atoms with Crippen LogP contribution in [0.1, 0.15) is 12.5 Å². The fourth-order valence-corrected chi connectivity index (χ4v) is 4.21. The van der Waals surface area contributed by atoms with Crippen molar-refractivity contribution < 1.29 is 20.1 Å². The first kappa shape index (κ1) is 18.0. The van der Waals surface area contributed by atoms with E-state index in [1.54, 1.807) is 13.0 Å². The van der Waals surface area contributed by atoms with Gasteiger partial charge in [-0.15, -0.1) is 11.8 Å². The molecular formula is C17H23N3O4S. The van der Waals surface area contributed by atoms with Crippen molar-refractivity contribution in [1.82, 2.24) is 4.90 Å². The highest BCUT2D eigenvalue weighted by Gasteiger charge is 2.39. The summed E-state index contributed by atoms with van der Waals surface area (Å²) < 4.78 is 0. The highest BCUT2D eigenvalue weighted by atomic mass is 32.2. The topological polar surface area (TPSA) is 96.6 Å². The summed E-state index contributed by atoms with van der Waals surface area (Å²) >= 11 is 1.36. The van der Waals surface area contributed by atoms with E-state index in [-0.39, 0.29) is 12.4 Å². The number of rotatable bonds is 5. The summed E-state index contributed by atoms with van der Waals surface area (Å²) in [4.78, 5) is 20.0. The zero-order chi connectivity index (χ0) is 18.0. The lowest BCUT2D eigenvalue weighted by molar-refractivity contribution is -0.141. The van der Waals surface area contributed by atoms with Crippen molar-refractivity contribution in [2.75, 3.05) is 50.0 Å². The number of piperazine rings is 1. The van der Waals surface area contributed by atoms with Crippen LogP contribution in [0.25, 0.3) is 0 Å². The largest absolute Gasteiger partial charge is 0.507 e. The van der Waals surface area contributed by atoms with Crippen molar-refractivity contribution in [1.29, 1.82) is 0 Å². The van der Waals surface area contributed by atoms with E-state index in [1.165, 1.54) is 11.8 Å². The number of phenolic OH excluding ortho intramolecular Hbond substituents is 1. The van der Waals surface area contributed by atoms with Gasteiger partial charge in [-0.3, -0.25) is 9.89 Å². The lowest BCUT2D eigenvalue weighted by Gasteiger charge is -2.35. The van der Waals surface area contributed by atoms with E-state index < -0.39 is 11.5 Å². The maximum Gasteiger partial charge on any atom is 0.332 e. The monoisotopic (exact) mass is 365 g/mol. The fourth-order valence-electron chi connectivity index (χ4n) is 3.01. The molecule has 0 saturated carbocycles. The van der Waals surface area contributed by atoms with Crippen LogP contribution in [0.4, 0.5) is 5.69 Å². The number of phenols is 1. The smallest absolute Gasteiger partial charge is 0.332 e. The van der Waals surface area contributed by atoms with Crippen molar-refractivity contribution in [3.8, 4) is 5.75 Å². The van der Waals surface area contributed by atoms with Gasteiger partial charge in [-0.2, -0.15) is 0 Å². The maximum atomic E-state index is 11.3. The molecule has 0 aliphatic carbocycles. The van der Waals surface area contributed by atoms with Gasteiger partial charge in [0.15, 0.2) is 5.54 Å². The third-order valence-corrected chi connectivity index (χ3v) is 5.96. The molecule has 7 nitrogen and oxygen atoms in total. The second-order valence-corrected chi connectivity index (χ2v) is 7.50. The van der Waals surface area contributed by atoms with E-state index in [0.29, 0.717) is 22.9 Å². The van der Waals surface area contributed by atoms with Gasteiger partial charge in [0.2, 0.25) is 0 Å². The molecule has 1 saturated heterocycles. The number of carboxylic acids is 1. The number of β-amino-alcohol motifs (C(OH)–C–C–N with tert-alkyl or cyclic N) is 1. The van der Waals surface area contributed by atoms with Crippen LogP contribution < -0.4 is 4.90 Å². The Morgan fingerprint density at radius 3 is 2.60 bits per heavy atom. The Labute approximate surface area is 151 Å². The molecule has 0 aromatic heterocycles. The zero-order valence-electron chi connectivity index (χ0n) is 14.2. The number of aliphatic hydroxyl groups excluding tert-OH is 1. The molecule has 2 aliphatic heterocycles. The molecule has 1 aromatic rings. The SMILES string of the molecule is C[C@]1(C(=O)O)CSC(c2ccc(N3CCN(CCO)CC3)cc2O)=N1. The average molecular weight is 365 g/mol. The van der Waals surface area contributed by atoms with Gasteiger partial charge in [-0.25, -0.2) is 4.79 Å². The highest BCUT2D eigenvalue weighted by molar-refractivity contribution is 8.14. The second kappa shape index (κ2) is 7.23. The average Bonchev–Trinajstić information content (AvgIpc) is 2.99. The summed E-state index contributed by atoms with van der Waals surface area (Å²) in [6.45, 7) is 5.89. The van der Waals surface area contributed by atoms with E-state index in [2.05, 4.69) is 14.8 Å². The molecular weight excluding hydrogens is 342 g/mol. The van der Waals surface area contributed by atoms with Crippen LogP contribution in [0.2, 0.25) is 0 Å². The van der Waals surface area contributed by atoms with Crippen LogP contribution in [0.3, 0.4) is 0 Å². The first-order valence-electron chi connectivity index (χ1n) is 8.30. The van der Waals surface area contributed by atoms with Gasteiger partial charge in [-0.05, 0) is 19.1 Å². The summed E-state index contributed by atoms with van der Waals surface area (Å²) in [5, 5.41) is 29.3. The molecule has 25 heavy (non-hydrogen) atoms. The molecule has 136 valence electrons. The molecule has 1 aromatic carbocycles. The standard InChI is InChI=1S/C17H23N3O4S/c1-17(16(23)24)11-25-15(18-17)13-3-2-12(10-14(13)22)20-6-4-19(5-7-20)8-9-21/h2-3,10,21-22H,4-9,11H2,1H3,(H,23,24)/t17-/m1/s1.